The van der Waals surface area contributed by atoms with Crippen molar-refractivity contribution in [1.29, 1.82) is 0 Å². The maximum Gasteiger partial charge on any atom is 0.246 e. The van der Waals surface area contributed by atoms with E-state index in [0.29, 0.717) is 0 Å². The lowest BCUT2D eigenvalue weighted by Crippen LogP contribution is -2.39. The highest BCUT2D eigenvalue weighted by Crippen LogP contribution is 2.20. The smallest absolute Gasteiger partial charge is 0.246 e. The summed E-state index contributed by atoms with van der Waals surface area (Å²) in [5.41, 5.74) is 0. The maximum atomic E-state index is 12.1. The number of ketones is 1. The molecule has 6 heteroatoms. The Morgan fingerprint density at radius 1 is 1.21 bits per heavy atom. The Kier molecular flexibility index (Phi) is 7.33. The highest BCUT2D eigenvalue weighted by atomic mass is 32.2. The van der Waals surface area contributed by atoms with E-state index in [1.54, 1.807) is 0 Å². The van der Waals surface area contributed by atoms with Gasteiger partial charge in [-0.15, -0.1) is 0 Å². The standard InChI is InChI=1S/C11H15NO4S.C2H6/c1-3-10(14)11(4-2)17(15,16)12-7-5-9(13)6-8-12;1-2/h3-4,14H,1-2,5-8H2;1-2H3/b11-10-;. The van der Waals surface area contributed by atoms with Crippen molar-refractivity contribution < 1.29 is 18.3 Å². The fourth-order valence-electron chi connectivity index (χ4n) is 1.56. The quantitative estimate of drug-likeness (QED) is 0.635. The third-order valence-corrected chi connectivity index (χ3v) is 4.51. The molecule has 0 saturated carbocycles. The Morgan fingerprint density at radius 3 is 2.05 bits per heavy atom. The van der Waals surface area contributed by atoms with Gasteiger partial charge in [0.05, 0.1) is 0 Å². The summed E-state index contributed by atoms with van der Waals surface area (Å²) >= 11 is 0. The molecule has 5 nitrogen and oxygen atoms in total. The summed E-state index contributed by atoms with van der Waals surface area (Å²) in [7, 11) is -3.79. The number of carbonyl (C=O) groups is 1. The number of piperidine rings is 1. The molecule has 108 valence electrons. The van der Waals surface area contributed by atoms with Gasteiger partial charge in [0.1, 0.15) is 16.4 Å². The fourth-order valence-corrected chi connectivity index (χ4v) is 3.06. The van der Waals surface area contributed by atoms with Crippen LogP contribution in [0.5, 0.6) is 0 Å². The van der Waals surface area contributed by atoms with E-state index in [9.17, 15) is 18.3 Å². The lowest BCUT2D eigenvalue weighted by Gasteiger charge is -2.25. The van der Waals surface area contributed by atoms with Crippen molar-refractivity contribution in [1.82, 2.24) is 4.31 Å². The molecule has 19 heavy (non-hydrogen) atoms. The molecule has 0 aromatic heterocycles. The van der Waals surface area contributed by atoms with Crippen LogP contribution < -0.4 is 0 Å². The SMILES string of the molecule is C=C/C(O)=C(\C=C)S(=O)(=O)N1CCC(=O)CC1.CC. The molecule has 1 fully saturated rings. The predicted octanol–water partition coefficient (Wildman–Crippen LogP) is 2.15. The monoisotopic (exact) mass is 287 g/mol. The highest BCUT2D eigenvalue weighted by molar-refractivity contribution is 7.93. The largest absolute Gasteiger partial charge is 0.507 e. The van der Waals surface area contributed by atoms with E-state index in [4.69, 9.17) is 0 Å². The first-order valence-corrected chi connectivity index (χ1v) is 7.57. The summed E-state index contributed by atoms with van der Waals surface area (Å²) in [6, 6.07) is 0. The molecular weight excluding hydrogens is 266 g/mol. The van der Waals surface area contributed by atoms with Gasteiger partial charge in [0, 0.05) is 25.9 Å². The van der Waals surface area contributed by atoms with Crippen LogP contribution in [0, 0.1) is 0 Å². The van der Waals surface area contributed by atoms with Crippen LogP contribution in [0.15, 0.2) is 36.0 Å². The highest BCUT2D eigenvalue weighted by Gasteiger charge is 2.30. The first-order chi connectivity index (χ1) is 8.93. The molecule has 0 spiro atoms. The molecule has 1 aliphatic heterocycles. The van der Waals surface area contributed by atoms with Crippen LogP contribution in [0.1, 0.15) is 26.7 Å². The van der Waals surface area contributed by atoms with Gasteiger partial charge in [0.15, 0.2) is 0 Å². The van der Waals surface area contributed by atoms with Crippen molar-refractivity contribution >= 4 is 15.8 Å². The van der Waals surface area contributed by atoms with Gasteiger partial charge >= 0.3 is 0 Å². The van der Waals surface area contributed by atoms with Crippen LogP contribution in [-0.2, 0) is 14.8 Å². The van der Waals surface area contributed by atoms with Crippen molar-refractivity contribution in [2.24, 2.45) is 0 Å². The van der Waals surface area contributed by atoms with Gasteiger partial charge in [-0.05, 0) is 12.2 Å². The van der Waals surface area contributed by atoms with Gasteiger partial charge in [-0.25, -0.2) is 8.42 Å². The Labute approximate surface area is 115 Å². The molecule has 0 aromatic rings. The van der Waals surface area contributed by atoms with Crippen LogP contribution in [0.2, 0.25) is 0 Å². The number of hydrogen-bond donors (Lipinski definition) is 1. The second kappa shape index (κ2) is 7.91. The average molecular weight is 287 g/mol. The van der Waals surface area contributed by atoms with E-state index in [-0.39, 0.29) is 36.6 Å². The Bertz CT molecular complexity index is 467. The topological polar surface area (TPSA) is 74.7 Å². The fraction of sp³-hybridized carbons (Fsp3) is 0.462. The van der Waals surface area contributed by atoms with Crippen LogP contribution in [0.25, 0.3) is 0 Å². The Morgan fingerprint density at radius 2 is 1.68 bits per heavy atom. The molecule has 0 radical (unpaired) electrons. The van der Waals surface area contributed by atoms with Crippen LogP contribution in [0.4, 0.5) is 0 Å². The van der Waals surface area contributed by atoms with Crippen LogP contribution in [0.3, 0.4) is 0 Å². The number of allylic oxidation sites excluding steroid dienone is 2. The number of hydrogen-bond acceptors (Lipinski definition) is 4. The minimum atomic E-state index is -3.79. The molecule has 1 heterocycles. The van der Waals surface area contributed by atoms with E-state index in [1.807, 2.05) is 13.8 Å². The number of Topliss-reactive ketones (excluding diaryl/α,β-unsaturated/α-hetero) is 1. The molecule has 1 saturated heterocycles. The van der Waals surface area contributed by atoms with Crippen LogP contribution >= 0.6 is 0 Å². The summed E-state index contributed by atoms with van der Waals surface area (Å²) < 4.78 is 25.4. The lowest BCUT2D eigenvalue weighted by molar-refractivity contribution is -0.120. The first-order valence-electron chi connectivity index (χ1n) is 6.13. The molecule has 1 rings (SSSR count). The number of carbonyl (C=O) groups excluding carboxylic acids is 1. The van der Waals surface area contributed by atoms with Gasteiger partial charge in [-0.1, -0.05) is 27.0 Å². The van der Waals surface area contributed by atoms with Crippen molar-refractivity contribution in [3.63, 3.8) is 0 Å². The minimum absolute atomic E-state index is 0.0496. The number of aliphatic hydroxyl groups excluding tert-OH is 1. The summed E-state index contributed by atoms with van der Waals surface area (Å²) in [5.74, 6) is -0.384. The van der Waals surface area contributed by atoms with Gasteiger partial charge < -0.3 is 5.11 Å². The second-order valence-corrected chi connectivity index (χ2v) is 5.51. The average Bonchev–Trinajstić information content (AvgIpc) is 2.41. The van der Waals surface area contributed by atoms with Crippen molar-refractivity contribution in [2.45, 2.75) is 26.7 Å². The van der Waals surface area contributed by atoms with E-state index < -0.39 is 15.8 Å². The van der Waals surface area contributed by atoms with Gasteiger partial charge in [0.2, 0.25) is 10.0 Å². The van der Waals surface area contributed by atoms with Crippen LogP contribution in [-0.4, -0.2) is 36.7 Å². The number of aliphatic hydroxyl groups is 1. The van der Waals surface area contributed by atoms with Gasteiger partial charge in [-0.2, -0.15) is 4.31 Å². The number of rotatable bonds is 4. The molecule has 1 N–H and O–H groups in total. The zero-order valence-electron chi connectivity index (χ0n) is 11.4. The Balaban J connectivity index is 0.00000154. The van der Waals surface area contributed by atoms with Crippen molar-refractivity contribution in [3.05, 3.63) is 36.0 Å². The summed E-state index contributed by atoms with van der Waals surface area (Å²) in [6.07, 6.45) is 2.53. The van der Waals surface area contributed by atoms with Gasteiger partial charge in [-0.3, -0.25) is 4.79 Å². The molecule has 0 unspecified atom stereocenters. The summed E-state index contributed by atoms with van der Waals surface area (Å²) in [4.78, 5) is 10.8. The summed E-state index contributed by atoms with van der Waals surface area (Å²) in [5, 5.41) is 9.45. The van der Waals surface area contributed by atoms with Crippen molar-refractivity contribution in [3.8, 4) is 0 Å². The molecular formula is C13H21NO4S. The third-order valence-electron chi connectivity index (χ3n) is 2.53. The molecule has 0 bridgehead atoms. The number of nitrogens with zero attached hydrogens (tertiary/aromatic N) is 1. The van der Waals surface area contributed by atoms with E-state index in [2.05, 4.69) is 13.2 Å². The van der Waals surface area contributed by atoms with E-state index in [1.165, 1.54) is 4.31 Å². The lowest BCUT2D eigenvalue weighted by atomic mass is 10.1. The minimum Gasteiger partial charge on any atom is -0.507 e. The van der Waals surface area contributed by atoms with E-state index in [0.717, 1.165) is 12.2 Å². The molecule has 0 atom stereocenters. The maximum absolute atomic E-state index is 12.1. The normalized spacial score (nSPS) is 17.9. The molecule has 0 aromatic carbocycles. The molecule has 1 aliphatic rings. The third kappa shape index (κ3) is 4.33. The second-order valence-electron chi connectivity index (χ2n) is 3.60. The summed E-state index contributed by atoms with van der Waals surface area (Å²) in [6.45, 7) is 11.0. The first kappa shape index (κ1) is 17.6. The zero-order chi connectivity index (χ0) is 15.1. The van der Waals surface area contributed by atoms with E-state index >= 15 is 0 Å². The molecule has 0 aliphatic carbocycles. The van der Waals surface area contributed by atoms with Gasteiger partial charge in [0.25, 0.3) is 0 Å². The Hall–Kier alpha value is -1.40. The van der Waals surface area contributed by atoms with Crippen molar-refractivity contribution in [2.75, 3.05) is 13.1 Å². The zero-order valence-corrected chi connectivity index (χ0v) is 12.2. The molecule has 0 amide bonds. The number of sulfonamides is 1. The predicted molar refractivity (Wildman–Crippen MR) is 76.1 cm³/mol.